The Kier molecular flexibility index (Phi) is 5.28. The van der Waals surface area contributed by atoms with E-state index < -0.39 is 5.60 Å². The van der Waals surface area contributed by atoms with Gasteiger partial charge in [0, 0.05) is 6.54 Å². The van der Waals surface area contributed by atoms with Gasteiger partial charge < -0.3 is 14.8 Å². The van der Waals surface area contributed by atoms with E-state index in [4.69, 9.17) is 9.47 Å². The number of benzene rings is 2. The Bertz CT molecular complexity index is 875. The average molecular weight is 394 g/mol. The molecule has 0 amide bonds. The lowest BCUT2D eigenvalue weighted by molar-refractivity contribution is 0.00692. The first kappa shape index (κ1) is 19.8. The van der Waals surface area contributed by atoms with Gasteiger partial charge in [-0.2, -0.15) is 0 Å². The van der Waals surface area contributed by atoms with Crippen molar-refractivity contribution in [2.75, 3.05) is 12.4 Å². The van der Waals surface area contributed by atoms with E-state index in [0.29, 0.717) is 11.3 Å². The summed E-state index contributed by atoms with van der Waals surface area (Å²) in [5.74, 6) is 1.83. The van der Waals surface area contributed by atoms with Crippen LogP contribution in [-0.2, 0) is 11.3 Å². The lowest BCUT2D eigenvalue weighted by Crippen LogP contribution is -2.23. The highest BCUT2D eigenvalue weighted by Gasteiger charge is 2.28. The summed E-state index contributed by atoms with van der Waals surface area (Å²) >= 11 is 0. The molecule has 0 saturated heterocycles. The van der Waals surface area contributed by atoms with Crippen molar-refractivity contribution < 1.29 is 14.3 Å². The van der Waals surface area contributed by atoms with E-state index >= 15 is 0 Å². The Hall–Kier alpha value is -2.49. The molecule has 0 radical (unpaired) electrons. The summed E-state index contributed by atoms with van der Waals surface area (Å²) < 4.78 is 11.0. The molecule has 2 aromatic rings. The van der Waals surface area contributed by atoms with Crippen molar-refractivity contribution in [2.24, 2.45) is 0 Å². The highest BCUT2D eigenvalue weighted by atomic mass is 16.6. The van der Waals surface area contributed by atoms with E-state index in [9.17, 15) is 4.79 Å². The summed E-state index contributed by atoms with van der Waals surface area (Å²) in [5.41, 5.74) is 5.16. The van der Waals surface area contributed by atoms with Crippen LogP contribution in [0.5, 0.6) is 5.75 Å². The fraction of sp³-hybridized carbons (Fsp3) is 0.480. The molecule has 0 atom stereocenters. The Morgan fingerprint density at radius 3 is 2.14 bits per heavy atom. The van der Waals surface area contributed by atoms with Crippen LogP contribution in [0.25, 0.3) is 0 Å². The highest BCUT2D eigenvalue weighted by Crippen LogP contribution is 2.45. The zero-order chi connectivity index (χ0) is 20.6. The number of nitrogens with one attached hydrogen (secondary N) is 1. The molecule has 4 rings (SSSR count). The molecule has 0 spiro atoms. The first-order valence-electron chi connectivity index (χ1n) is 10.6. The topological polar surface area (TPSA) is 47.6 Å². The number of esters is 1. The van der Waals surface area contributed by atoms with Gasteiger partial charge in [-0.1, -0.05) is 18.2 Å². The van der Waals surface area contributed by atoms with E-state index in [-0.39, 0.29) is 5.97 Å². The number of ether oxygens (including phenoxy) is 2. The maximum absolute atomic E-state index is 12.3. The van der Waals surface area contributed by atoms with E-state index in [2.05, 4.69) is 23.5 Å². The van der Waals surface area contributed by atoms with Gasteiger partial charge >= 0.3 is 5.97 Å². The molecule has 0 heterocycles. The molecule has 4 nitrogen and oxygen atoms in total. The van der Waals surface area contributed by atoms with E-state index in [1.54, 1.807) is 19.2 Å². The van der Waals surface area contributed by atoms with Crippen LogP contribution in [0, 0.1) is 0 Å². The molecule has 2 aliphatic carbocycles. The molecule has 4 heteroatoms. The van der Waals surface area contributed by atoms with Gasteiger partial charge in [0.1, 0.15) is 11.4 Å². The second-order valence-corrected chi connectivity index (χ2v) is 9.33. The van der Waals surface area contributed by atoms with Crippen molar-refractivity contribution in [1.29, 1.82) is 0 Å². The lowest BCUT2D eigenvalue weighted by atomic mass is 10.00. The Labute approximate surface area is 173 Å². The molecular weight excluding hydrogens is 362 g/mol. The van der Waals surface area contributed by atoms with E-state index in [1.165, 1.54) is 42.4 Å². The van der Waals surface area contributed by atoms with Crippen molar-refractivity contribution >= 4 is 11.7 Å². The van der Waals surface area contributed by atoms with Gasteiger partial charge in [0.05, 0.1) is 18.4 Å². The molecule has 0 bridgehead atoms. The third kappa shape index (κ3) is 5.11. The molecule has 2 fully saturated rings. The molecule has 2 saturated carbocycles. The second-order valence-electron chi connectivity index (χ2n) is 9.33. The van der Waals surface area contributed by atoms with Crippen LogP contribution >= 0.6 is 0 Å². The molecule has 0 aliphatic heterocycles. The van der Waals surface area contributed by atoms with Crippen molar-refractivity contribution in [3.05, 3.63) is 58.7 Å². The minimum absolute atomic E-state index is 0.339. The van der Waals surface area contributed by atoms with Gasteiger partial charge in [0.2, 0.25) is 0 Å². The van der Waals surface area contributed by atoms with Crippen LogP contribution in [0.15, 0.2) is 36.4 Å². The first-order valence-corrected chi connectivity index (χ1v) is 10.6. The summed E-state index contributed by atoms with van der Waals surface area (Å²) in [6.45, 7) is 6.33. The number of carbonyl (C=O) groups is 1. The third-order valence-corrected chi connectivity index (χ3v) is 5.45. The molecule has 29 heavy (non-hydrogen) atoms. The average Bonchev–Trinajstić information content (AvgIpc) is 3.56. The van der Waals surface area contributed by atoms with Crippen molar-refractivity contribution in [3.63, 3.8) is 0 Å². The van der Waals surface area contributed by atoms with Crippen LogP contribution in [0.1, 0.15) is 85.3 Å². The summed E-state index contributed by atoms with van der Waals surface area (Å²) in [7, 11) is 1.62. The molecular formula is C25H31NO3. The van der Waals surface area contributed by atoms with E-state index in [0.717, 1.165) is 24.1 Å². The van der Waals surface area contributed by atoms with Crippen molar-refractivity contribution in [3.8, 4) is 5.75 Å². The van der Waals surface area contributed by atoms with Gasteiger partial charge in [-0.3, -0.25) is 0 Å². The molecule has 1 N–H and O–H groups in total. The highest BCUT2D eigenvalue weighted by molar-refractivity contribution is 5.91. The number of rotatable bonds is 7. The lowest BCUT2D eigenvalue weighted by Gasteiger charge is -2.20. The van der Waals surface area contributed by atoms with Gasteiger partial charge in [-0.15, -0.1) is 0 Å². The SMILES string of the molecule is COc1cc(C(=O)OC(C)(C)C)ccc1NCc1cc(C2CC2)cc(C2CC2)c1. The summed E-state index contributed by atoms with van der Waals surface area (Å²) in [5, 5.41) is 3.49. The minimum Gasteiger partial charge on any atom is -0.495 e. The zero-order valence-electron chi connectivity index (χ0n) is 17.9. The number of methoxy groups -OCH3 is 1. The summed E-state index contributed by atoms with van der Waals surface area (Å²) in [6, 6.07) is 12.5. The van der Waals surface area contributed by atoms with Gasteiger partial charge in [0.25, 0.3) is 0 Å². The normalized spacial score (nSPS) is 16.4. The molecule has 0 unspecified atom stereocenters. The Morgan fingerprint density at radius 2 is 1.62 bits per heavy atom. The van der Waals surface area contributed by atoms with Crippen LogP contribution in [0.2, 0.25) is 0 Å². The van der Waals surface area contributed by atoms with Gasteiger partial charge in [-0.25, -0.2) is 4.79 Å². The summed E-state index contributed by atoms with van der Waals surface area (Å²) in [6.07, 6.45) is 5.28. The molecule has 2 aromatic carbocycles. The van der Waals surface area contributed by atoms with Crippen LogP contribution < -0.4 is 10.1 Å². The summed E-state index contributed by atoms with van der Waals surface area (Å²) in [4.78, 5) is 12.3. The van der Waals surface area contributed by atoms with Gasteiger partial charge in [0.15, 0.2) is 0 Å². The number of anilines is 1. The number of hydrogen-bond donors (Lipinski definition) is 1. The molecule has 0 aromatic heterocycles. The minimum atomic E-state index is -0.521. The van der Waals surface area contributed by atoms with Gasteiger partial charge in [-0.05, 0) is 93.2 Å². The monoisotopic (exact) mass is 393 g/mol. The largest absolute Gasteiger partial charge is 0.495 e. The van der Waals surface area contributed by atoms with Crippen LogP contribution in [-0.4, -0.2) is 18.7 Å². The number of carbonyl (C=O) groups excluding carboxylic acids is 1. The quantitative estimate of drug-likeness (QED) is 0.585. The first-order chi connectivity index (χ1) is 13.8. The molecule has 154 valence electrons. The second kappa shape index (κ2) is 7.74. The number of hydrogen-bond acceptors (Lipinski definition) is 4. The Morgan fingerprint density at radius 1 is 1.00 bits per heavy atom. The van der Waals surface area contributed by atoms with Crippen LogP contribution in [0.3, 0.4) is 0 Å². The predicted octanol–water partition coefficient (Wildman–Crippen LogP) is 6.02. The zero-order valence-corrected chi connectivity index (χ0v) is 17.9. The fourth-order valence-corrected chi connectivity index (χ4v) is 3.65. The van der Waals surface area contributed by atoms with Crippen molar-refractivity contribution in [2.45, 2.75) is 70.4 Å². The third-order valence-electron chi connectivity index (χ3n) is 5.45. The molecule has 2 aliphatic rings. The maximum atomic E-state index is 12.3. The maximum Gasteiger partial charge on any atom is 0.338 e. The smallest absolute Gasteiger partial charge is 0.338 e. The van der Waals surface area contributed by atoms with Crippen LogP contribution in [0.4, 0.5) is 5.69 Å². The standard InChI is InChI=1S/C25H31NO3/c1-25(2,3)29-24(27)19-9-10-22(23(14-19)28-4)26-15-16-11-20(17-5-6-17)13-21(12-16)18-7-8-18/h9-14,17-18,26H,5-8,15H2,1-4H3. The van der Waals surface area contributed by atoms with Crippen molar-refractivity contribution in [1.82, 2.24) is 0 Å². The van der Waals surface area contributed by atoms with E-state index in [1.807, 2.05) is 26.8 Å². The fourth-order valence-electron chi connectivity index (χ4n) is 3.65. The predicted molar refractivity (Wildman–Crippen MR) is 116 cm³/mol. The Balaban J connectivity index is 1.49.